The first kappa shape index (κ1) is 15.2. The molecule has 0 N–H and O–H groups in total. The van der Waals surface area contributed by atoms with Crippen molar-refractivity contribution >= 4 is 0 Å². The maximum Gasteiger partial charge on any atom is 0.0587 e. The molecule has 1 aromatic rings. The highest BCUT2D eigenvalue weighted by molar-refractivity contribution is 5.15. The molecule has 0 unspecified atom stereocenters. The molecule has 0 aliphatic carbocycles. The molecule has 1 nitrogen and oxygen atoms in total. The highest BCUT2D eigenvalue weighted by atomic mass is 16.5. The van der Waals surface area contributed by atoms with E-state index in [0.29, 0.717) is 6.10 Å². The Morgan fingerprint density at radius 1 is 0.944 bits per heavy atom. The summed E-state index contributed by atoms with van der Waals surface area (Å²) < 4.78 is 5.85. The summed E-state index contributed by atoms with van der Waals surface area (Å²) in [5.74, 6) is 0. The average Bonchev–Trinajstić information content (AvgIpc) is 2.39. The molecule has 18 heavy (non-hydrogen) atoms. The van der Waals surface area contributed by atoms with E-state index in [-0.39, 0.29) is 0 Å². The number of hydrogen-bond acceptors (Lipinski definition) is 1. The van der Waals surface area contributed by atoms with Crippen molar-refractivity contribution < 1.29 is 4.74 Å². The van der Waals surface area contributed by atoms with Gasteiger partial charge in [0.2, 0.25) is 0 Å². The highest BCUT2D eigenvalue weighted by Crippen LogP contribution is 2.08. The predicted molar refractivity (Wildman–Crippen MR) is 78.9 cm³/mol. The maximum atomic E-state index is 5.85. The van der Waals surface area contributed by atoms with Gasteiger partial charge in [-0.25, -0.2) is 0 Å². The van der Waals surface area contributed by atoms with Crippen molar-refractivity contribution in [3.05, 3.63) is 35.9 Å². The van der Waals surface area contributed by atoms with Crippen LogP contribution in [0.15, 0.2) is 30.3 Å². The van der Waals surface area contributed by atoms with Crippen molar-refractivity contribution in [1.29, 1.82) is 0 Å². The van der Waals surface area contributed by atoms with Gasteiger partial charge in [-0.3, -0.25) is 0 Å². The Hall–Kier alpha value is -0.820. The maximum absolute atomic E-state index is 5.85. The van der Waals surface area contributed by atoms with Crippen LogP contribution in [-0.2, 0) is 11.2 Å². The molecular weight excluding hydrogens is 220 g/mol. The Bertz CT molecular complexity index is 281. The summed E-state index contributed by atoms with van der Waals surface area (Å²) >= 11 is 0. The fourth-order valence-electron chi connectivity index (χ4n) is 2.17. The average molecular weight is 248 g/mol. The molecule has 1 atom stereocenters. The van der Waals surface area contributed by atoms with Crippen LogP contribution >= 0.6 is 0 Å². The minimum atomic E-state index is 0.336. The lowest BCUT2D eigenvalue weighted by atomic mass is 10.1. The molecule has 0 bridgehead atoms. The zero-order chi connectivity index (χ0) is 13.1. The first-order chi connectivity index (χ1) is 8.83. The smallest absolute Gasteiger partial charge is 0.0587 e. The van der Waals surface area contributed by atoms with Gasteiger partial charge in [0.25, 0.3) is 0 Å². The lowest BCUT2D eigenvalue weighted by Gasteiger charge is -2.13. The summed E-state index contributed by atoms with van der Waals surface area (Å²) in [7, 11) is 0. The van der Waals surface area contributed by atoms with Crippen LogP contribution in [0.3, 0.4) is 0 Å². The van der Waals surface area contributed by atoms with Gasteiger partial charge in [-0.1, -0.05) is 69.4 Å². The second-order valence-electron chi connectivity index (χ2n) is 5.14. The Morgan fingerprint density at radius 3 is 2.33 bits per heavy atom. The summed E-state index contributed by atoms with van der Waals surface area (Å²) in [6.45, 7) is 5.35. The van der Waals surface area contributed by atoms with Crippen molar-refractivity contribution in [2.24, 2.45) is 0 Å². The van der Waals surface area contributed by atoms with Crippen LogP contribution in [-0.4, -0.2) is 12.7 Å². The Balaban J connectivity index is 1.99. The lowest BCUT2D eigenvalue weighted by molar-refractivity contribution is 0.0635. The Kier molecular flexibility index (Phi) is 8.58. The standard InChI is InChI=1S/C17H28O/c1-3-4-5-6-7-11-14-18-16(2)15-17-12-9-8-10-13-17/h8-10,12-13,16H,3-7,11,14-15H2,1-2H3/t16-/m1/s1. The molecule has 1 heteroatoms. The van der Waals surface area contributed by atoms with Crippen LogP contribution in [0.5, 0.6) is 0 Å². The molecule has 0 aliphatic heterocycles. The van der Waals surface area contributed by atoms with Gasteiger partial charge >= 0.3 is 0 Å². The van der Waals surface area contributed by atoms with Crippen LogP contribution in [0.2, 0.25) is 0 Å². The van der Waals surface area contributed by atoms with E-state index in [1.807, 2.05) is 0 Å². The summed E-state index contributed by atoms with van der Waals surface area (Å²) in [5, 5.41) is 0. The minimum absolute atomic E-state index is 0.336. The molecule has 0 fully saturated rings. The van der Waals surface area contributed by atoms with Gasteiger partial charge < -0.3 is 4.74 Å². The van der Waals surface area contributed by atoms with Crippen molar-refractivity contribution in [2.45, 2.75) is 64.9 Å². The Morgan fingerprint density at radius 2 is 1.61 bits per heavy atom. The SMILES string of the molecule is CCCCCCCCO[C@H](C)Cc1ccccc1. The molecule has 1 rings (SSSR count). The second-order valence-corrected chi connectivity index (χ2v) is 5.14. The third kappa shape index (κ3) is 7.50. The van der Waals surface area contributed by atoms with Crippen LogP contribution < -0.4 is 0 Å². The van der Waals surface area contributed by atoms with Gasteiger partial charge in [-0.2, -0.15) is 0 Å². The topological polar surface area (TPSA) is 9.23 Å². The van der Waals surface area contributed by atoms with E-state index in [4.69, 9.17) is 4.74 Å². The van der Waals surface area contributed by atoms with Crippen molar-refractivity contribution in [1.82, 2.24) is 0 Å². The van der Waals surface area contributed by atoms with E-state index < -0.39 is 0 Å². The van der Waals surface area contributed by atoms with Gasteiger partial charge in [-0.15, -0.1) is 0 Å². The van der Waals surface area contributed by atoms with Gasteiger partial charge in [0.1, 0.15) is 0 Å². The van der Waals surface area contributed by atoms with E-state index in [1.54, 1.807) is 0 Å². The molecule has 0 heterocycles. The first-order valence-corrected chi connectivity index (χ1v) is 7.48. The van der Waals surface area contributed by atoms with Crippen LogP contribution in [0.25, 0.3) is 0 Å². The first-order valence-electron chi connectivity index (χ1n) is 7.48. The van der Waals surface area contributed by atoms with E-state index in [2.05, 4.69) is 44.2 Å². The van der Waals surface area contributed by atoms with Gasteiger partial charge in [0, 0.05) is 6.61 Å². The number of benzene rings is 1. The summed E-state index contributed by atoms with van der Waals surface area (Å²) in [6.07, 6.45) is 9.34. The molecule has 0 amide bonds. The molecule has 0 aliphatic rings. The fraction of sp³-hybridized carbons (Fsp3) is 0.647. The van der Waals surface area contributed by atoms with Gasteiger partial charge in [-0.05, 0) is 25.3 Å². The quantitative estimate of drug-likeness (QED) is 0.530. The second kappa shape index (κ2) is 10.1. The summed E-state index contributed by atoms with van der Waals surface area (Å²) in [5.41, 5.74) is 1.37. The fourth-order valence-corrected chi connectivity index (χ4v) is 2.17. The van der Waals surface area contributed by atoms with Gasteiger partial charge in [0.05, 0.1) is 6.10 Å². The third-order valence-corrected chi connectivity index (χ3v) is 3.27. The van der Waals surface area contributed by atoms with Crippen molar-refractivity contribution in [3.8, 4) is 0 Å². The van der Waals surface area contributed by atoms with Crippen LogP contribution in [0.1, 0.15) is 57.9 Å². The molecule has 1 aromatic carbocycles. The zero-order valence-corrected chi connectivity index (χ0v) is 12.0. The number of hydrogen-bond donors (Lipinski definition) is 0. The molecular formula is C17H28O. The van der Waals surface area contributed by atoms with Crippen LogP contribution in [0, 0.1) is 0 Å². The normalized spacial score (nSPS) is 12.6. The molecule has 0 saturated heterocycles. The predicted octanol–water partition coefficient (Wildman–Crippen LogP) is 4.99. The number of rotatable bonds is 10. The van der Waals surface area contributed by atoms with Gasteiger partial charge in [0.15, 0.2) is 0 Å². The molecule has 0 aromatic heterocycles. The molecule has 0 spiro atoms. The zero-order valence-electron chi connectivity index (χ0n) is 12.0. The van der Waals surface area contributed by atoms with E-state index in [9.17, 15) is 0 Å². The largest absolute Gasteiger partial charge is 0.378 e. The van der Waals surface area contributed by atoms with E-state index in [0.717, 1.165) is 13.0 Å². The summed E-state index contributed by atoms with van der Waals surface area (Å²) in [6, 6.07) is 10.6. The lowest BCUT2D eigenvalue weighted by Crippen LogP contribution is -2.12. The third-order valence-electron chi connectivity index (χ3n) is 3.27. The molecule has 102 valence electrons. The number of ether oxygens (including phenoxy) is 1. The van der Waals surface area contributed by atoms with E-state index >= 15 is 0 Å². The monoisotopic (exact) mass is 248 g/mol. The summed E-state index contributed by atoms with van der Waals surface area (Å²) in [4.78, 5) is 0. The van der Waals surface area contributed by atoms with Crippen molar-refractivity contribution in [2.75, 3.05) is 6.61 Å². The molecule has 0 radical (unpaired) electrons. The minimum Gasteiger partial charge on any atom is -0.378 e. The van der Waals surface area contributed by atoms with Crippen molar-refractivity contribution in [3.63, 3.8) is 0 Å². The number of unbranched alkanes of at least 4 members (excludes halogenated alkanes) is 5. The molecule has 0 saturated carbocycles. The Labute approximate surface area is 113 Å². The van der Waals surface area contributed by atoms with E-state index in [1.165, 1.54) is 44.1 Å². The highest BCUT2D eigenvalue weighted by Gasteiger charge is 2.03. The van der Waals surface area contributed by atoms with Crippen LogP contribution in [0.4, 0.5) is 0 Å².